The second kappa shape index (κ2) is 7.85. The van der Waals surface area contributed by atoms with Crippen molar-refractivity contribution in [3.8, 4) is 17.0 Å². The molecule has 144 valence electrons. The van der Waals surface area contributed by atoms with Crippen molar-refractivity contribution >= 4 is 28.8 Å². The number of benzene rings is 1. The molecule has 3 aromatic rings. The maximum Gasteiger partial charge on any atom is 0.267 e. The zero-order chi connectivity index (χ0) is 19.5. The van der Waals surface area contributed by atoms with Gasteiger partial charge in [-0.3, -0.25) is 9.78 Å². The van der Waals surface area contributed by atoms with Crippen LogP contribution in [0.5, 0.6) is 5.75 Å². The molecule has 7 nitrogen and oxygen atoms in total. The first-order valence-electron chi connectivity index (χ1n) is 9.02. The van der Waals surface area contributed by atoms with Crippen molar-refractivity contribution in [1.29, 1.82) is 0 Å². The summed E-state index contributed by atoms with van der Waals surface area (Å²) in [6.07, 6.45) is 3.37. The van der Waals surface area contributed by atoms with Crippen LogP contribution in [0.15, 0.2) is 48.8 Å². The molecule has 2 aromatic heterocycles. The van der Waals surface area contributed by atoms with E-state index in [0.717, 1.165) is 41.6 Å². The van der Waals surface area contributed by atoms with E-state index in [1.807, 2.05) is 41.3 Å². The summed E-state index contributed by atoms with van der Waals surface area (Å²) < 4.78 is 9.85. The summed E-state index contributed by atoms with van der Waals surface area (Å²) in [7, 11) is 1.67. The molecular formula is C20H21N5O2S. The number of hydrogen-bond donors (Lipinski definition) is 1. The number of anilines is 2. The average Bonchev–Trinajstić information content (AvgIpc) is 3.15. The van der Waals surface area contributed by atoms with Crippen molar-refractivity contribution in [3.05, 3.63) is 53.7 Å². The zero-order valence-corrected chi connectivity index (χ0v) is 16.4. The summed E-state index contributed by atoms with van der Waals surface area (Å²) in [4.78, 5) is 21.6. The van der Waals surface area contributed by atoms with Gasteiger partial charge in [0.2, 0.25) is 0 Å². The molecule has 2 N–H and O–H groups in total. The fourth-order valence-electron chi connectivity index (χ4n) is 3.35. The molecule has 28 heavy (non-hydrogen) atoms. The van der Waals surface area contributed by atoms with Gasteiger partial charge < -0.3 is 20.3 Å². The Balaban J connectivity index is 1.47. The fraction of sp³-hybridized carbons (Fsp3) is 0.250. The Bertz CT molecular complexity index is 968. The van der Waals surface area contributed by atoms with Gasteiger partial charge in [0.15, 0.2) is 0 Å². The maximum absolute atomic E-state index is 13.0. The van der Waals surface area contributed by atoms with Crippen molar-refractivity contribution in [2.75, 3.05) is 43.9 Å². The molecule has 1 aliphatic heterocycles. The quantitative estimate of drug-likeness (QED) is 0.731. The molecule has 1 amide bonds. The van der Waals surface area contributed by atoms with Crippen LogP contribution in [0.2, 0.25) is 0 Å². The van der Waals surface area contributed by atoms with Crippen molar-refractivity contribution in [2.45, 2.75) is 0 Å². The molecule has 0 bridgehead atoms. The molecule has 4 rings (SSSR count). The van der Waals surface area contributed by atoms with E-state index in [-0.39, 0.29) is 5.91 Å². The van der Waals surface area contributed by atoms with Crippen LogP contribution in [0, 0.1) is 0 Å². The smallest absolute Gasteiger partial charge is 0.267 e. The van der Waals surface area contributed by atoms with Crippen molar-refractivity contribution in [2.24, 2.45) is 0 Å². The van der Waals surface area contributed by atoms with Crippen molar-refractivity contribution in [1.82, 2.24) is 14.3 Å². The van der Waals surface area contributed by atoms with E-state index in [0.29, 0.717) is 29.3 Å². The summed E-state index contributed by atoms with van der Waals surface area (Å²) in [5, 5.41) is 0. The lowest BCUT2D eigenvalue weighted by Gasteiger charge is -2.36. The van der Waals surface area contributed by atoms with Gasteiger partial charge in [-0.25, -0.2) is 0 Å². The largest absolute Gasteiger partial charge is 0.495 e. The number of rotatable bonds is 4. The Morgan fingerprint density at radius 2 is 1.82 bits per heavy atom. The van der Waals surface area contributed by atoms with Gasteiger partial charge in [0.05, 0.1) is 18.5 Å². The fourth-order valence-corrected chi connectivity index (χ4v) is 4.14. The van der Waals surface area contributed by atoms with Crippen molar-refractivity contribution in [3.63, 3.8) is 0 Å². The predicted octanol–water partition coefficient (Wildman–Crippen LogP) is 2.76. The van der Waals surface area contributed by atoms with E-state index in [4.69, 9.17) is 10.5 Å². The number of amides is 1. The van der Waals surface area contributed by atoms with E-state index in [1.165, 1.54) is 0 Å². The number of aromatic nitrogens is 2. The number of nitrogens with zero attached hydrogens (tertiary/aromatic N) is 4. The minimum atomic E-state index is -0.0602. The third-order valence-electron chi connectivity index (χ3n) is 4.87. The summed E-state index contributed by atoms with van der Waals surface area (Å²) in [6.45, 7) is 2.72. The summed E-state index contributed by atoms with van der Waals surface area (Å²) in [5.74, 6) is 0.783. The number of pyridine rings is 1. The van der Waals surface area contributed by atoms with Crippen LogP contribution in [0.3, 0.4) is 0 Å². The highest BCUT2D eigenvalue weighted by Crippen LogP contribution is 2.32. The minimum Gasteiger partial charge on any atom is -0.495 e. The molecule has 1 saturated heterocycles. The third-order valence-corrected chi connectivity index (χ3v) is 5.72. The number of carbonyl (C=O) groups is 1. The summed E-state index contributed by atoms with van der Waals surface area (Å²) >= 11 is 1.16. The Morgan fingerprint density at radius 1 is 1.11 bits per heavy atom. The van der Waals surface area contributed by atoms with Crippen LogP contribution in [-0.2, 0) is 0 Å². The van der Waals surface area contributed by atoms with Gasteiger partial charge >= 0.3 is 0 Å². The predicted molar refractivity (Wildman–Crippen MR) is 111 cm³/mol. The number of nitrogen functional groups attached to an aromatic ring is 1. The lowest BCUT2D eigenvalue weighted by molar-refractivity contribution is 0.0752. The van der Waals surface area contributed by atoms with Gasteiger partial charge in [0.25, 0.3) is 5.91 Å². The summed E-state index contributed by atoms with van der Waals surface area (Å²) in [6, 6.07) is 11.6. The molecule has 0 radical (unpaired) electrons. The van der Waals surface area contributed by atoms with Gasteiger partial charge in [-0.15, -0.1) is 0 Å². The third kappa shape index (κ3) is 3.38. The molecule has 0 saturated carbocycles. The topological polar surface area (TPSA) is 84.6 Å². The van der Waals surface area contributed by atoms with Gasteiger partial charge in [0, 0.05) is 44.1 Å². The minimum absolute atomic E-state index is 0.0602. The van der Waals surface area contributed by atoms with E-state index >= 15 is 0 Å². The van der Waals surface area contributed by atoms with Crippen LogP contribution in [0.4, 0.5) is 11.4 Å². The maximum atomic E-state index is 13.0. The Morgan fingerprint density at radius 3 is 2.54 bits per heavy atom. The van der Waals surface area contributed by atoms with Gasteiger partial charge in [-0.2, -0.15) is 4.37 Å². The Labute approximate surface area is 167 Å². The van der Waals surface area contributed by atoms with E-state index < -0.39 is 0 Å². The molecule has 1 aliphatic rings. The van der Waals surface area contributed by atoms with Crippen LogP contribution < -0.4 is 15.4 Å². The standard InChI is InChI=1S/C20H21N5O2S/c1-27-16-5-3-2-4-15(16)24-10-12-25(13-11-24)20(26)19-17(21)18(23-28-19)14-6-8-22-9-7-14/h2-9H,10-13,21H2,1H3. The molecule has 8 heteroatoms. The SMILES string of the molecule is COc1ccccc1N1CCN(C(=O)c2snc(-c3ccncc3)c2N)CC1. The normalized spacial score (nSPS) is 14.2. The first kappa shape index (κ1) is 18.2. The number of hydrogen-bond acceptors (Lipinski definition) is 7. The first-order valence-corrected chi connectivity index (χ1v) is 9.79. The van der Waals surface area contributed by atoms with Gasteiger partial charge in [-0.1, -0.05) is 12.1 Å². The van der Waals surface area contributed by atoms with Crippen LogP contribution in [0.25, 0.3) is 11.3 Å². The number of ether oxygens (including phenoxy) is 1. The highest BCUT2D eigenvalue weighted by molar-refractivity contribution is 7.09. The molecule has 0 spiro atoms. The Hall–Kier alpha value is -3.13. The van der Waals surface area contributed by atoms with Crippen LogP contribution >= 0.6 is 11.5 Å². The molecule has 0 unspecified atom stereocenters. The second-order valence-electron chi connectivity index (χ2n) is 6.46. The average molecular weight is 395 g/mol. The van der Waals surface area contributed by atoms with E-state index in [1.54, 1.807) is 19.5 Å². The molecule has 1 aromatic carbocycles. The number of nitrogens with two attached hydrogens (primary N) is 1. The molecule has 1 fully saturated rings. The molecular weight excluding hydrogens is 374 g/mol. The van der Waals surface area contributed by atoms with Crippen molar-refractivity contribution < 1.29 is 9.53 Å². The highest BCUT2D eigenvalue weighted by atomic mass is 32.1. The lowest BCUT2D eigenvalue weighted by Crippen LogP contribution is -2.48. The number of para-hydroxylation sites is 2. The Kier molecular flexibility index (Phi) is 5.12. The molecule has 3 heterocycles. The van der Waals surface area contributed by atoms with Crippen LogP contribution in [-0.4, -0.2) is 53.5 Å². The van der Waals surface area contributed by atoms with E-state index in [2.05, 4.69) is 14.3 Å². The summed E-state index contributed by atoms with van der Waals surface area (Å²) in [5.41, 5.74) is 9.25. The number of carbonyl (C=O) groups excluding carboxylic acids is 1. The molecule has 0 atom stereocenters. The van der Waals surface area contributed by atoms with Gasteiger partial charge in [-0.05, 0) is 35.8 Å². The zero-order valence-electron chi connectivity index (χ0n) is 15.5. The second-order valence-corrected chi connectivity index (χ2v) is 7.23. The van der Waals surface area contributed by atoms with Crippen LogP contribution in [0.1, 0.15) is 9.67 Å². The van der Waals surface area contributed by atoms with E-state index in [9.17, 15) is 4.79 Å². The molecule has 0 aliphatic carbocycles. The number of methoxy groups -OCH3 is 1. The number of piperazine rings is 1. The monoisotopic (exact) mass is 395 g/mol. The first-order chi connectivity index (χ1) is 13.7. The lowest BCUT2D eigenvalue weighted by atomic mass is 10.1. The highest BCUT2D eigenvalue weighted by Gasteiger charge is 2.27. The van der Waals surface area contributed by atoms with Gasteiger partial charge in [0.1, 0.15) is 16.3 Å².